The Bertz CT molecular complexity index is 732. The van der Waals surface area contributed by atoms with Gasteiger partial charge in [-0.25, -0.2) is 0 Å². The second-order valence-corrected chi connectivity index (χ2v) is 5.26. The largest absolute Gasteiger partial charge is 0.493 e. The van der Waals surface area contributed by atoms with Crippen molar-refractivity contribution in [1.82, 2.24) is 5.32 Å². The highest BCUT2D eigenvalue weighted by Gasteiger charge is 2.09. The van der Waals surface area contributed by atoms with E-state index in [-0.39, 0.29) is 11.0 Å². The van der Waals surface area contributed by atoms with Crippen molar-refractivity contribution in [3.05, 3.63) is 53.6 Å². The number of benzene rings is 2. The number of carbonyl (C=O) groups is 1. The van der Waals surface area contributed by atoms with Crippen molar-refractivity contribution in [2.45, 2.75) is 6.92 Å². The zero-order chi connectivity index (χ0) is 16.8. The molecule has 0 radical (unpaired) electrons. The number of anilines is 1. The summed E-state index contributed by atoms with van der Waals surface area (Å²) >= 11 is 5.17. The number of amides is 1. The fourth-order valence-electron chi connectivity index (χ4n) is 2.04. The molecular formula is C17H18N2O3S. The van der Waals surface area contributed by atoms with Gasteiger partial charge in [0.15, 0.2) is 16.6 Å². The van der Waals surface area contributed by atoms with Crippen LogP contribution in [-0.2, 0) is 0 Å². The molecule has 0 spiro atoms. The highest BCUT2D eigenvalue weighted by Crippen LogP contribution is 2.29. The molecule has 0 unspecified atom stereocenters. The monoisotopic (exact) mass is 330 g/mol. The van der Waals surface area contributed by atoms with E-state index < -0.39 is 0 Å². The summed E-state index contributed by atoms with van der Waals surface area (Å²) in [6.07, 6.45) is 0. The van der Waals surface area contributed by atoms with Crippen LogP contribution in [0.25, 0.3) is 0 Å². The fraction of sp³-hybridized carbons (Fsp3) is 0.176. The molecule has 2 aromatic rings. The average molecular weight is 330 g/mol. The fourth-order valence-corrected chi connectivity index (χ4v) is 2.25. The minimum atomic E-state index is -0.258. The van der Waals surface area contributed by atoms with Gasteiger partial charge in [0, 0.05) is 17.3 Å². The molecule has 0 aliphatic heterocycles. The number of hydrogen-bond donors (Lipinski definition) is 2. The van der Waals surface area contributed by atoms with Crippen molar-refractivity contribution in [2.24, 2.45) is 0 Å². The third-order valence-electron chi connectivity index (χ3n) is 3.15. The Balaban J connectivity index is 2.03. The number of ether oxygens (including phenoxy) is 2. The molecule has 120 valence electrons. The maximum atomic E-state index is 12.1. The SMILES string of the molecule is COc1ccc(NC(=S)NC(=O)c2cccc(C)c2)cc1OC. The normalized spacial score (nSPS) is 9.87. The zero-order valence-electron chi connectivity index (χ0n) is 13.2. The summed E-state index contributed by atoms with van der Waals surface area (Å²) in [7, 11) is 3.12. The van der Waals surface area contributed by atoms with E-state index >= 15 is 0 Å². The van der Waals surface area contributed by atoms with Crippen LogP contribution in [0.5, 0.6) is 11.5 Å². The minimum Gasteiger partial charge on any atom is -0.493 e. The van der Waals surface area contributed by atoms with Crippen LogP contribution in [0.2, 0.25) is 0 Å². The van der Waals surface area contributed by atoms with Gasteiger partial charge in [-0.05, 0) is 43.4 Å². The van der Waals surface area contributed by atoms with Gasteiger partial charge in [0.05, 0.1) is 14.2 Å². The number of hydrogen-bond acceptors (Lipinski definition) is 4. The summed E-state index contributed by atoms with van der Waals surface area (Å²) in [6.45, 7) is 1.93. The molecule has 0 aliphatic carbocycles. The van der Waals surface area contributed by atoms with E-state index in [2.05, 4.69) is 10.6 Å². The molecule has 0 saturated carbocycles. The third kappa shape index (κ3) is 4.43. The van der Waals surface area contributed by atoms with Crippen LogP contribution in [0.4, 0.5) is 5.69 Å². The Morgan fingerprint density at radius 3 is 2.43 bits per heavy atom. The lowest BCUT2D eigenvalue weighted by Gasteiger charge is -2.12. The van der Waals surface area contributed by atoms with Gasteiger partial charge in [-0.2, -0.15) is 0 Å². The van der Waals surface area contributed by atoms with Gasteiger partial charge in [-0.3, -0.25) is 10.1 Å². The van der Waals surface area contributed by atoms with Crippen molar-refractivity contribution < 1.29 is 14.3 Å². The highest BCUT2D eigenvalue weighted by atomic mass is 32.1. The average Bonchev–Trinajstić information content (AvgIpc) is 2.54. The molecule has 1 amide bonds. The van der Waals surface area contributed by atoms with Gasteiger partial charge < -0.3 is 14.8 Å². The first kappa shape index (κ1) is 16.8. The predicted octanol–water partition coefficient (Wildman–Crippen LogP) is 3.14. The van der Waals surface area contributed by atoms with Crippen LogP contribution in [-0.4, -0.2) is 25.2 Å². The topological polar surface area (TPSA) is 59.6 Å². The second-order valence-electron chi connectivity index (χ2n) is 4.85. The molecule has 0 heterocycles. The van der Waals surface area contributed by atoms with Crippen molar-refractivity contribution >= 4 is 28.9 Å². The molecule has 0 saturated heterocycles. The maximum absolute atomic E-state index is 12.1. The summed E-state index contributed by atoms with van der Waals surface area (Å²) in [5, 5.41) is 5.81. The van der Waals surface area contributed by atoms with Crippen molar-refractivity contribution in [3.8, 4) is 11.5 Å². The second kappa shape index (κ2) is 7.60. The molecule has 0 fully saturated rings. The van der Waals surface area contributed by atoms with Crippen LogP contribution in [0.3, 0.4) is 0 Å². The summed E-state index contributed by atoms with van der Waals surface area (Å²) in [4.78, 5) is 12.1. The first-order chi connectivity index (χ1) is 11.0. The smallest absolute Gasteiger partial charge is 0.257 e. The molecule has 2 N–H and O–H groups in total. The number of aryl methyl sites for hydroxylation is 1. The molecule has 23 heavy (non-hydrogen) atoms. The van der Waals surface area contributed by atoms with E-state index in [0.717, 1.165) is 5.56 Å². The van der Waals surface area contributed by atoms with Crippen LogP contribution in [0, 0.1) is 6.92 Å². The summed E-state index contributed by atoms with van der Waals surface area (Å²) in [6, 6.07) is 12.6. The Morgan fingerprint density at radius 2 is 1.78 bits per heavy atom. The van der Waals surface area contributed by atoms with Crippen LogP contribution in [0.15, 0.2) is 42.5 Å². The number of thiocarbonyl (C=S) groups is 1. The standard InChI is InChI=1S/C17H18N2O3S/c1-11-5-4-6-12(9-11)16(20)19-17(23)18-13-7-8-14(21-2)15(10-13)22-3/h4-10H,1-3H3,(H2,18,19,20,23). The first-order valence-corrected chi connectivity index (χ1v) is 7.35. The van der Waals surface area contributed by atoms with E-state index in [1.165, 1.54) is 0 Å². The molecule has 6 heteroatoms. The van der Waals surface area contributed by atoms with Gasteiger partial charge in [0.2, 0.25) is 0 Å². The predicted molar refractivity (Wildman–Crippen MR) is 94.4 cm³/mol. The lowest BCUT2D eigenvalue weighted by atomic mass is 10.1. The van der Waals surface area contributed by atoms with Gasteiger partial charge in [0.25, 0.3) is 5.91 Å². The number of methoxy groups -OCH3 is 2. The minimum absolute atomic E-state index is 0.212. The van der Waals surface area contributed by atoms with Gasteiger partial charge >= 0.3 is 0 Å². The van der Waals surface area contributed by atoms with Crippen LogP contribution in [0.1, 0.15) is 15.9 Å². The molecule has 0 aliphatic rings. The maximum Gasteiger partial charge on any atom is 0.257 e. The molecule has 0 bridgehead atoms. The van der Waals surface area contributed by atoms with Gasteiger partial charge in [-0.1, -0.05) is 17.7 Å². The van der Waals surface area contributed by atoms with E-state index in [4.69, 9.17) is 21.7 Å². The highest BCUT2D eigenvalue weighted by molar-refractivity contribution is 7.80. The van der Waals surface area contributed by atoms with E-state index in [1.54, 1.807) is 44.6 Å². The number of nitrogens with one attached hydrogen (secondary N) is 2. The zero-order valence-corrected chi connectivity index (χ0v) is 14.0. The Hall–Kier alpha value is -2.60. The molecule has 5 nitrogen and oxygen atoms in total. The van der Waals surface area contributed by atoms with Crippen LogP contribution >= 0.6 is 12.2 Å². The van der Waals surface area contributed by atoms with Gasteiger partial charge in [0.1, 0.15) is 0 Å². The summed E-state index contributed by atoms with van der Waals surface area (Å²) in [5.41, 5.74) is 2.26. The quantitative estimate of drug-likeness (QED) is 0.844. The lowest BCUT2D eigenvalue weighted by molar-refractivity contribution is 0.0977. The van der Waals surface area contributed by atoms with E-state index in [9.17, 15) is 4.79 Å². The van der Waals surface area contributed by atoms with E-state index in [0.29, 0.717) is 22.7 Å². The first-order valence-electron chi connectivity index (χ1n) is 6.94. The van der Waals surface area contributed by atoms with Crippen molar-refractivity contribution in [1.29, 1.82) is 0 Å². The lowest BCUT2D eigenvalue weighted by Crippen LogP contribution is -2.34. The summed E-state index contributed by atoms with van der Waals surface area (Å²) < 4.78 is 10.4. The summed E-state index contributed by atoms with van der Waals surface area (Å²) in [5.74, 6) is 0.935. The molecule has 2 rings (SSSR count). The number of carbonyl (C=O) groups excluding carboxylic acids is 1. The Morgan fingerprint density at radius 1 is 1.04 bits per heavy atom. The van der Waals surface area contributed by atoms with Crippen molar-refractivity contribution in [3.63, 3.8) is 0 Å². The Kier molecular flexibility index (Phi) is 5.54. The third-order valence-corrected chi connectivity index (χ3v) is 3.35. The van der Waals surface area contributed by atoms with Gasteiger partial charge in [-0.15, -0.1) is 0 Å². The molecule has 0 atom stereocenters. The van der Waals surface area contributed by atoms with Crippen molar-refractivity contribution in [2.75, 3.05) is 19.5 Å². The Labute approximate surface area is 140 Å². The van der Waals surface area contributed by atoms with E-state index in [1.807, 2.05) is 19.1 Å². The molecule has 0 aromatic heterocycles. The number of rotatable bonds is 4. The molecule has 2 aromatic carbocycles. The van der Waals surface area contributed by atoms with Crippen LogP contribution < -0.4 is 20.1 Å². The molecular weight excluding hydrogens is 312 g/mol.